The van der Waals surface area contributed by atoms with Gasteiger partial charge in [-0.2, -0.15) is 0 Å². The number of hydrogen-bond donors (Lipinski definition) is 1. The molecule has 1 rings (SSSR count). The Morgan fingerprint density at radius 3 is 2.80 bits per heavy atom. The summed E-state index contributed by atoms with van der Waals surface area (Å²) in [4.78, 5) is 12.4. The van der Waals surface area contributed by atoms with Crippen LogP contribution in [0.25, 0.3) is 0 Å². The maximum Gasteiger partial charge on any atom is 0.261 e. The van der Waals surface area contributed by atoms with Gasteiger partial charge in [0.15, 0.2) is 0 Å². The first-order valence-corrected chi connectivity index (χ1v) is 6.45. The smallest absolute Gasteiger partial charge is 0.261 e. The van der Waals surface area contributed by atoms with Crippen LogP contribution in [-0.2, 0) is 0 Å². The molecule has 1 aromatic rings. The van der Waals surface area contributed by atoms with Gasteiger partial charge < -0.3 is 5.32 Å². The molecule has 0 saturated heterocycles. The van der Waals surface area contributed by atoms with E-state index in [0.29, 0.717) is 11.8 Å². The van der Waals surface area contributed by atoms with Crippen molar-refractivity contribution in [1.82, 2.24) is 5.32 Å². The Hall–Kier alpha value is -0.540. The Labute approximate surface area is 99.6 Å². The summed E-state index contributed by atoms with van der Waals surface area (Å²) in [5.74, 6) is 0.989. The minimum atomic E-state index is -0.0173. The maximum atomic E-state index is 11.7. The zero-order valence-corrected chi connectivity index (χ0v) is 10.6. The lowest BCUT2D eigenvalue weighted by Gasteiger charge is -2.17. The number of carbonyl (C=O) groups is 1. The number of halogens is 1. The topological polar surface area (TPSA) is 29.1 Å². The van der Waals surface area contributed by atoms with E-state index in [0.717, 1.165) is 11.3 Å². The number of thiophene rings is 1. The quantitative estimate of drug-likeness (QED) is 0.794. The van der Waals surface area contributed by atoms with Gasteiger partial charge in [0.05, 0.1) is 4.88 Å². The first-order chi connectivity index (χ1) is 7.13. The van der Waals surface area contributed by atoms with Crippen molar-refractivity contribution in [1.29, 1.82) is 0 Å². The number of hydrogen-bond acceptors (Lipinski definition) is 2. The van der Waals surface area contributed by atoms with Crippen molar-refractivity contribution in [3.05, 3.63) is 22.4 Å². The molecule has 1 amide bonds. The van der Waals surface area contributed by atoms with E-state index in [1.54, 1.807) is 0 Å². The zero-order chi connectivity index (χ0) is 11.3. The summed E-state index contributed by atoms with van der Waals surface area (Å²) >= 11 is 7.25. The predicted octanol–water partition coefficient (Wildman–Crippen LogP) is 3.13. The van der Waals surface area contributed by atoms with Gasteiger partial charge in [0.2, 0.25) is 0 Å². The molecule has 1 unspecified atom stereocenters. The molecule has 0 radical (unpaired) electrons. The first-order valence-electron chi connectivity index (χ1n) is 5.03. The summed E-state index contributed by atoms with van der Waals surface area (Å²) in [7, 11) is 0. The molecule has 15 heavy (non-hydrogen) atoms. The van der Waals surface area contributed by atoms with E-state index < -0.39 is 0 Å². The molecule has 0 saturated carbocycles. The van der Waals surface area contributed by atoms with Crippen molar-refractivity contribution >= 4 is 28.8 Å². The number of rotatable bonds is 5. The van der Waals surface area contributed by atoms with Crippen LogP contribution in [0.1, 0.15) is 29.9 Å². The lowest BCUT2D eigenvalue weighted by Crippen LogP contribution is -2.36. The summed E-state index contributed by atoms with van der Waals surface area (Å²) in [6.45, 7) is 4.24. The average molecular weight is 246 g/mol. The molecule has 84 valence electrons. The second kappa shape index (κ2) is 6.13. The molecule has 1 heterocycles. The number of carbonyl (C=O) groups excluding carboxylic acids is 1. The molecule has 0 spiro atoms. The Morgan fingerprint density at radius 1 is 1.60 bits per heavy atom. The van der Waals surface area contributed by atoms with Gasteiger partial charge in [-0.1, -0.05) is 19.9 Å². The molecule has 2 nitrogen and oxygen atoms in total. The predicted molar refractivity (Wildman–Crippen MR) is 65.7 cm³/mol. The minimum Gasteiger partial charge on any atom is -0.347 e. The monoisotopic (exact) mass is 245 g/mol. The fourth-order valence-electron chi connectivity index (χ4n) is 1.39. The summed E-state index contributed by atoms with van der Waals surface area (Å²) in [6, 6.07) is 3.76. The van der Waals surface area contributed by atoms with E-state index in [2.05, 4.69) is 19.2 Å². The Balaban J connectivity index is 2.48. The molecule has 0 bridgehead atoms. The highest BCUT2D eigenvalue weighted by molar-refractivity contribution is 7.12. The van der Waals surface area contributed by atoms with E-state index in [1.165, 1.54) is 11.3 Å². The Bertz CT molecular complexity index is 298. The number of alkyl halides is 1. The van der Waals surface area contributed by atoms with E-state index >= 15 is 0 Å². The van der Waals surface area contributed by atoms with Crippen molar-refractivity contribution in [3.63, 3.8) is 0 Å². The molecule has 1 N–H and O–H groups in total. The van der Waals surface area contributed by atoms with Gasteiger partial charge in [-0.15, -0.1) is 22.9 Å². The lowest BCUT2D eigenvalue weighted by atomic mass is 10.1. The highest BCUT2D eigenvalue weighted by atomic mass is 35.5. The standard InChI is InChI=1S/C11H16ClNOS/c1-8(2)6-9(7-12)13-11(14)10-4-3-5-15-10/h3-5,8-9H,6-7H2,1-2H3,(H,13,14). The highest BCUT2D eigenvalue weighted by Crippen LogP contribution is 2.11. The van der Waals surface area contributed by atoms with Crippen LogP contribution in [0, 0.1) is 5.92 Å². The van der Waals surface area contributed by atoms with Crippen LogP contribution >= 0.6 is 22.9 Å². The molecule has 0 fully saturated rings. The van der Waals surface area contributed by atoms with Gasteiger partial charge in [0.1, 0.15) is 0 Å². The summed E-state index contributed by atoms with van der Waals surface area (Å²) in [5.41, 5.74) is 0. The fraction of sp³-hybridized carbons (Fsp3) is 0.545. The average Bonchev–Trinajstić information content (AvgIpc) is 2.68. The summed E-state index contributed by atoms with van der Waals surface area (Å²) in [5, 5.41) is 4.84. The van der Waals surface area contributed by atoms with Gasteiger partial charge in [-0.05, 0) is 23.8 Å². The SMILES string of the molecule is CC(C)CC(CCl)NC(=O)c1cccs1. The van der Waals surface area contributed by atoms with Crippen molar-refractivity contribution in [3.8, 4) is 0 Å². The first kappa shape index (κ1) is 12.5. The second-order valence-corrected chi connectivity index (χ2v) is 5.19. The molecule has 4 heteroatoms. The van der Waals surface area contributed by atoms with E-state index in [4.69, 9.17) is 11.6 Å². The van der Waals surface area contributed by atoms with Crippen molar-refractivity contribution < 1.29 is 4.79 Å². The van der Waals surface area contributed by atoms with Gasteiger partial charge in [-0.25, -0.2) is 0 Å². The Kier molecular flexibility index (Phi) is 5.12. The lowest BCUT2D eigenvalue weighted by molar-refractivity contribution is 0.0941. The molecule has 0 aliphatic carbocycles. The minimum absolute atomic E-state index is 0.0173. The summed E-state index contributed by atoms with van der Waals surface area (Å²) in [6.07, 6.45) is 0.917. The third kappa shape index (κ3) is 4.22. The zero-order valence-electron chi connectivity index (χ0n) is 9.00. The van der Waals surface area contributed by atoms with Crippen LogP contribution in [0.2, 0.25) is 0 Å². The number of nitrogens with one attached hydrogen (secondary N) is 1. The van der Waals surface area contributed by atoms with Gasteiger partial charge in [0.25, 0.3) is 5.91 Å². The van der Waals surface area contributed by atoms with E-state index in [1.807, 2.05) is 17.5 Å². The molecule has 1 atom stereocenters. The maximum absolute atomic E-state index is 11.7. The fourth-order valence-corrected chi connectivity index (χ4v) is 2.22. The van der Waals surface area contributed by atoms with Gasteiger partial charge in [0, 0.05) is 11.9 Å². The van der Waals surface area contributed by atoms with Gasteiger partial charge >= 0.3 is 0 Å². The van der Waals surface area contributed by atoms with E-state index in [-0.39, 0.29) is 11.9 Å². The Morgan fingerprint density at radius 2 is 2.33 bits per heavy atom. The van der Waals surface area contributed by atoms with Gasteiger partial charge in [-0.3, -0.25) is 4.79 Å². The third-order valence-corrected chi connectivity index (χ3v) is 3.26. The third-order valence-electron chi connectivity index (χ3n) is 2.02. The molecular formula is C11H16ClNOS. The molecule has 0 aliphatic rings. The van der Waals surface area contributed by atoms with Crippen LogP contribution in [0.5, 0.6) is 0 Å². The van der Waals surface area contributed by atoms with Crippen LogP contribution in [0.4, 0.5) is 0 Å². The van der Waals surface area contributed by atoms with Crippen molar-refractivity contribution in [2.45, 2.75) is 26.3 Å². The van der Waals surface area contributed by atoms with E-state index in [9.17, 15) is 4.79 Å². The second-order valence-electron chi connectivity index (χ2n) is 3.93. The summed E-state index contributed by atoms with van der Waals surface area (Å²) < 4.78 is 0. The highest BCUT2D eigenvalue weighted by Gasteiger charge is 2.14. The number of amides is 1. The van der Waals surface area contributed by atoms with Crippen LogP contribution in [0.15, 0.2) is 17.5 Å². The van der Waals surface area contributed by atoms with Crippen molar-refractivity contribution in [2.24, 2.45) is 5.92 Å². The normalized spacial score (nSPS) is 12.8. The molecular weight excluding hydrogens is 230 g/mol. The van der Waals surface area contributed by atoms with Crippen LogP contribution < -0.4 is 5.32 Å². The van der Waals surface area contributed by atoms with Crippen LogP contribution in [-0.4, -0.2) is 17.8 Å². The van der Waals surface area contributed by atoms with Crippen molar-refractivity contribution in [2.75, 3.05) is 5.88 Å². The molecule has 0 aliphatic heterocycles. The largest absolute Gasteiger partial charge is 0.347 e. The molecule has 0 aromatic carbocycles. The molecule has 1 aromatic heterocycles. The van der Waals surface area contributed by atoms with Crippen LogP contribution in [0.3, 0.4) is 0 Å².